The standard InChI is InChI=1S/C23H23N3O3S/c1-15-6-7-19-18(10-15)20(26-14-17(27)11-23(26)28)12-22(24-19)25-8-9-30(29)21-5-3-2-4-16(21)13-25/h2-7,10,12,17,27H,8-9,11,13-14H2,1H3. The number of anilines is 2. The second-order valence-corrected chi connectivity index (χ2v) is 9.50. The van der Waals surface area contributed by atoms with Gasteiger partial charge in [0.15, 0.2) is 0 Å². The van der Waals surface area contributed by atoms with Crippen molar-refractivity contribution in [3.05, 3.63) is 59.7 Å². The molecule has 5 rings (SSSR count). The van der Waals surface area contributed by atoms with Gasteiger partial charge in [0.2, 0.25) is 5.91 Å². The molecule has 0 bridgehead atoms. The minimum atomic E-state index is -1.04. The van der Waals surface area contributed by atoms with E-state index in [0.717, 1.165) is 38.4 Å². The number of hydrogen-bond donors (Lipinski definition) is 1. The molecule has 3 aromatic rings. The summed E-state index contributed by atoms with van der Waals surface area (Å²) in [5.74, 6) is 1.20. The average molecular weight is 422 g/mol. The Hall–Kier alpha value is -2.77. The van der Waals surface area contributed by atoms with Gasteiger partial charge >= 0.3 is 0 Å². The predicted molar refractivity (Wildman–Crippen MR) is 118 cm³/mol. The lowest BCUT2D eigenvalue weighted by atomic mass is 10.1. The minimum Gasteiger partial charge on any atom is -0.391 e. The van der Waals surface area contributed by atoms with Gasteiger partial charge in [-0.25, -0.2) is 4.98 Å². The highest BCUT2D eigenvalue weighted by molar-refractivity contribution is 7.85. The van der Waals surface area contributed by atoms with Crippen LogP contribution in [0, 0.1) is 6.92 Å². The molecule has 7 heteroatoms. The Morgan fingerprint density at radius 1 is 1.17 bits per heavy atom. The van der Waals surface area contributed by atoms with Gasteiger partial charge in [0.25, 0.3) is 0 Å². The summed E-state index contributed by atoms with van der Waals surface area (Å²) in [7, 11) is -1.04. The molecular formula is C23H23N3O3S. The first-order valence-corrected chi connectivity index (χ1v) is 11.4. The van der Waals surface area contributed by atoms with Crippen LogP contribution in [0.25, 0.3) is 10.9 Å². The number of aryl methyl sites for hydroxylation is 1. The van der Waals surface area contributed by atoms with Crippen molar-refractivity contribution in [3.63, 3.8) is 0 Å². The van der Waals surface area contributed by atoms with Gasteiger partial charge in [-0.15, -0.1) is 0 Å². The lowest BCUT2D eigenvalue weighted by Gasteiger charge is -2.25. The number of nitrogens with zero attached hydrogens (tertiary/aromatic N) is 3. The fourth-order valence-electron chi connectivity index (χ4n) is 4.25. The summed E-state index contributed by atoms with van der Waals surface area (Å²) < 4.78 is 12.7. The van der Waals surface area contributed by atoms with Gasteiger partial charge in [0.1, 0.15) is 5.82 Å². The van der Waals surface area contributed by atoms with Crippen LogP contribution in [0.4, 0.5) is 11.5 Å². The highest BCUT2D eigenvalue weighted by Gasteiger charge is 2.31. The SMILES string of the molecule is Cc1ccc2nc(N3CCS(=O)c4ccccc4C3)cc(N3CC(O)CC3=O)c2c1. The van der Waals surface area contributed by atoms with Gasteiger partial charge in [-0.2, -0.15) is 0 Å². The van der Waals surface area contributed by atoms with Crippen molar-refractivity contribution < 1.29 is 14.1 Å². The Bertz CT molecular complexity index is 1180. The van der Waals surface area contributed by atoms with Crippen LogP contribution in [-0.2, 0) is 22.1 Å². The molecule has 1 N–H and O–H groups in total. The third-order valence-electron chi connectivity index (χ3n) is 5.77. The maximum atomic E-state index is 12.7. The van der Waals surface area contributed by atoms with Gasteiger partial charge in [-0.3, -0.25) is 9.00 Å². The molecule has 1 aromatic heterocycles. The van der Waals surface area contributed by atoms with Crippen molar-refractivity contribution in [2.24, 2.45) is 0 Å². The molecule has 154 valence electrons. The van der Waals surface area contributed by atoms with Crippen molar-refractivity contribution in [1.29, 1.82) is 0 Å². The molecule has 0 radical (unpaired) electrons. The number of aliphatic hydroxyl groups excluding tert-OH is 1. The van der Waals surface area contributed by atoms with Crippen molar-refractivity contribution in [1.82, 2.24) is 4.98 Å². The van der Waals surface area contributed by atoms with E-state index >= 15 is 0 Å². The van der Waals surface area contributed by atoms with Crippen molar-refractivity contribution in [2.75, 3.05) is 28.6 Å². The molecule has 1 amide bonds. The van der Waals surface area contributed by atoms with E-state index in [1.807, 2.05) is 55.5 Å². The number of amides is 1. The van der Waals surface area contributed by atoms with Crippen LogP contribution in [0.15, 0.2) is 53.4 Å². The molecule has 0 spiro atoms. The number of aromatic nitrogens is 1. The van der Waals surface area contributed by atoms with E-state index in [0.29, 0.717) is 18.8 Å². The smallest absolute Gasteiger partial charge is 0.229 e. The highest BCUT2D eigenvalue weighted by Crippen LogP contribution is 2.34. The number of β-amino-alcohol motifs (C(OH)–C–C–N with tert-alkyl or cyclic N) is 1. The largest absolute Gasteiger partial charge is 0.391 e. The van der Waals surface area contributed by atoms with Crippen LogP contribution in [-0.4, -0.2) is 45.2 Å². The molecule has 2 unspecified atom stereocenters. The zero-order valence-corrected chi connectivity index (χ0v) is 17.6. The molecular weight excluding hydrogens is 398 g/mol. The number of benzene rings is 2. The molecule has 30 heavy (non-hydrogen) atoms. The molecule has 2 aliphatic heterocycles. The Kier molecular flexibility index (Phi) is 4.79. The Morgan fingerprint density at radius 2 is 2.00 bits per heavy atom. The lowest BCUT2D eigenvalue weighted by Crippen LogP contribution is -2.28. The number of aliphatic hydroxyl groups is 1. The van der Waals surface area contributed by atoms with Crippen LogP contribution in [0.3, 0.4) is 0 Å². The van der Waals surface area contributed by atoms with Gasteiger partial charge in [0.05, 0.1) is 41.1 Å². The lowest BCUT2D eigenvalue weighted by molar-refractivity contribution is -0.117. The monoisotopic (exact) mass is 421 g/mol. The van der Waals surface area contributed by atoms with E-state index in [1.54, 1.807) is 4.90 Å². The molecule has 2 atom stereocenters. The third kappa shape index (κ3) is 3.38. The Labute approximate surface area is 177 Å². The van der Waals surface area contributed by atoms with E-state index in [2.05, 4.69) is 4.90 Å². The van der Waals surface area contributed by atoms with Crippen molar-refractivity contribution >= 4 is 39.1 Å². The van der Waals surface area contributed by atoms with Crippen LogP contribution < -0.4 is 9.80 Å². The van der Waals surface area contributed by atoms with Gasteiger partial charge in [0, 0.05) is 35.2 Å². The number of hydrogen-bond acceptors (Lipinski definition) is 5. The summed E-state index contributed by atoms with van der Waals surface area (Å²) in [4.78, 5) is 22.1. The fourth-order valence-corrected chi connectivity index (χ4v) is 5.52. The van der Waals surface area contributed by atoms with E-state index in [4.69, 9.17) is 4.98 Å². The normalized spacial score (nSPS) is 21.7. The summed E-state index contributed by atoms with van der Waals surface area (Å²) in [5, 5.41) is 10.9. The first-order valence-electron chi connectivity index (χ1n) is 10.1. The third-order valence-corrected chi connectivity index (χ3v) is 7.22. The zero-order valence-electron chi connectivity index (χ0n) is 16.7. The molecule has 2 aromatic carbocycles. The molecule has 6 nitrogen and oxygen atoms in total. The minimum absolute atomic E-state index is 0.0789. The first-order chi connectivity index (χ1) is 14.5. The summed E-state index contributed by atoms with van der Waals surface area (Å²) >= 11 is 0. The Morgan fingerprint density at radius 3 is 2.80 bits per heavy atom. The summed E-state index contributed by atoms with van der Waals surface area (Å²) in [6, 6.07) is 15.8. The zero-order chi connectivity index (χ0) is 20.8. The topological polar surface area (TPSA) is 73.7 Å². The van der Waals surface area contributed by atoms with E-state index in [1.165, 1.54) is 0 Å². The second-order valence-electron chi connectivity index (χ2n) is 7.96. The highest BCUT2D eigenvalue weighted by atomic mass is 32.2. The maximum Gasteiger partial charge on any atom is 0.229 e. The summed E-state index contributed by atoms with van der Waals surface area (Å²) in [6.45, 7) is 3.53. The van der Waals surface area contributed by atoms with Gasteiger partial charge in [-0.05, 0) is 30.7 Å². The molecule has 1 fully saturated rings. The second kappa shape index (κ2) is 7.49. The quantitative estimate of drug-likeness (QED) is 0.689. The first kappa shape index (κ1) is 19.2. The molecule has 0 saturated carbocycles. The van der Waals surface area contributed by atoms with Gasteiger partial charge in [-0.1, -0.05) is 29.8 Å². The van der Waals surface area contributed by atoms with E-state index in [9.17, 15) is 14.1 Å². The fraction of sp³-hybridized carbons (Fsp3) is 0.304. The number of rotatable bonds is 2. The molecule has 0 aliphatic carbocycles. The number of carbonyl (C=O) groups excluding carboxylic acids is 1. The molecule has 3 heterocycles. The summed E-state index contributed by atoms with van der Waals surface area (Å²) in [5.41, 5.74) is 3.71. The van der Waals surface area contributed by atoms with E-state index in [-0.39, 0.29) is 18.9 Å². The van der Waals surface area contributed by atoms with E-state index < -0.39 is 16.9 Å². The van der Waals surface area contributed by atoms with Crippen molar-refractivity contribution in [2.45, 2.75) is 30.9 Å². The summed E-state index contributed by atoms with van der Waals surface area (Å²) in [6.07, 6.45) is -0.512. The number of pyridine rings is 1. The maximum absolute atomic E-state index is 12.7. The van der Waals surface area contributed by atoms with Crippen LogP contribution in [0.1, 0.15) is 17.5 Å². The van der Waals surface area contributed by atoms with Gasteiger partial charge < -0.3 is 14.9 Å². The average Bonchev–Trinajstić information content (AvgIpc) is 2.97. The Balaban J connectivity index is 1.63. The van der Waals surface area contributed by atoms with Crippen LogP contribution >= 0.6 is 0 Å². The molecule has 1 saturated heterocycles. The predicted octanol–water partition coefficient (Wildman–Crippen LogP) is 2.77. The number of carbonyl (C=O) groups is 1. The number of fused-ring (bicyclic) bond motifs is 2. The van der Waals surface area contributed by atoms with Crippen LogP contribution in [0.5, 0.6) is 0 Å². The molecule has 2 aliphatic rings. The van der Waals surface area contributed by atoms with Crippen LogP contribution in [0.2, 0.25) is 0 Å². The van der Waals surface area contributed by atoms with Crippen molar-refractivity contribution in [3.8, 4) is 0 Å².